The highest BCUT2D eigenvalue weighted by Gasteiger charge is 2.10. The molecular weight excluding hydrogens is 356 g/mol. The fourth-order valence-corrected chi connectivity index (χ4v) is 2.72. The van der Waals surface area contributed by atoms with Crippen molar-refractivity contribution in [2.24, 2.45) is 0 Å². The first-order valence-electron chi connectivity index (χ1n) is 8.74. The van der Waals surface area contributed by atoms with Gasteiger partial charge in [0.1, 0.15) is 17.0 Å². The number of benzene rings is 3. The van der Waals surface area contributed by atoms with E-state index in [-0.39, 0.29) is 12.5 Å². The molecule has 0 aliphatic heterocycles. The lowest BCUT2D eigenvalue weighted by Gasteiger charge is -2.07. The molecule has 6 heteroatoms. The fourth-order valence-electron chi connectivity index (χ4n) is 2.72. The maximum atomic E-state index is 12.1. The number of rotatable bonds is 6. The van der Waals surface area contributed by atoms with Crippen molar-refractivity contribution in [1.29, 1.82) is 0 Å². The molecule has 0 fully saturated rings. The molecular formula is C22H18N2O4. The van der Waals surface area contributed by atoms with Crippen molar-refractivity contribution in [3.8, 4) is 23.0 Å². The first-order chi connectivity index (χ1) is 13.7. The minimum Gasteiger partial charge on any atom is -0.497 e. The summed E-state index contributed by atoms with van der Waals surface area (Å²) in [6.45, 7) is -0.0739. The van der Waals surface area contributed by atoms with Gasteiger partial charge in [-0.1, -0.05) is 18.2 Å². The number of methoxy groups -OCH3 is 1. The molecule has 0 atom stereocenters. The van der Waals surface area contributed by atoms with Crippen LogP contribution in [0.4, 0.5) is 5.69 Å². The Hall–Kier alpha value is -3.80. The molecule has 3 aromatic carbocycles. The van der Waals surface area contributed by atoms with E-state index >= 15 is 0 Å². The summed E-state index contributed by atoms with van der Waals surface area (Å²) in [5.41, 5.74) is 2.77. The van der Waals surface area contributed by atoms with Gasteiger partial charge in [-0.15, -0.1) is 0 Å². The van der Waals surface area contributed by atoms with Gasteiger partial charge in [0.15, 0.2) is 12.2 Å². The number of hydrogen-bond acceptors (Lipinski definition) is 5. The van der Waals surface area contributed by atoms with E-state index in [2.05, 4.69) is 10.3 Å². The molecule has 1 heterocycles. The van der Waals surface area contributed by atoms with E-state index in [0.717, 1.165) is 11.3 Å². The summed E-state index contributed by atoms with van der Waals surface area (Å²) in [7, 11) is 1.62. The standard InChI is InChI=1S/C22H18N2O4/c1-26-17-10-7-15(8-11-17)22-24-19-12-9-16(13-20(19)28-22)23-21(25)14-27-18-5-3-2-4-6-18/h2-13H,14H2,1H3,(H,23,25). The van der Waals surface area contributed by atoms with Crippen LogP contribution in [0.25, 0.3) is 22.6 Å². The normalized spacial score (nSPS) is 10.6. The summed E-state index contributed by atoms with van der Waals surface area (Å²) in [5.74, 6) is 1.67. The molecule has 0 bridgehead atoms. The number of amides is 1. The second-order valence-electron chi connectivity index (χ2n) is 6.08. The van der Waals surface area contributed by atoms with Crippen molar-refractivity contribution in [3.05, 3.63) is 72.8 Å². The number of fused-ring (bicyclic) bond motifs is 1. The number of aromatic nitrogens is 1. The Bertz CT molecular complexity index is 1090. The van der Waals surface area contributed by atoms with Gasteiger partial charge in [-0.2, -0.15) is 0 Å². The molecule has 1 aromatic heterocycles. The third-order valence-corrected chi connectivity index (χ3v) is 4.12. The number of carbonyl (C=O) groups excluding carboxylic acids is 1. The van der Waals surface area contributed by atoms with Crippen molar-refractivity contribution in [3.63, 3.8) is 0 Å². The number of para-hydroxylation sites is 1. The average molecular weight is 374 g/mol. The lowest BCUT2D eigenvalue weighted by molar-refractivity contribution is -0.118. The van der Waals surface area contributed by atoms with Gasteiger partial charge in [-0.3, -0.25) is 4.79 Å². The van der Waals surface area contributed by atoms with Gasteiger partial charge < -0.3 is 19.2 Å². The number of oxazole rings is 1. The summed E-state index contributed by atoms with van der Waals surface area (Å²) in [5, 5.41) is 2.80. The molecule has 0 aliphatic rings. The zero-order valence-electron chi connectivity index (χ0n) is 15.2. The van der Waals surface area contributed by atoms with Crippen LogP contribution in [0.15, 0.2) is 77.2 Å². The molecule has 0 saturated heterocycles. The van der Waals surface area contributed by atoms with E-state index in [4.69, 9.17) is 13.9 Å². The second-order valence-corrected chi connectivity index (χ2v) is 6.08. The lowest BCUT2D eigenvalue weighted by Crippen LogP contribution is -2.20. The molecule has 4 rings (SSSR count). The predicted molar refractivity (Wildman–Crippen MR) is 107 cm³/mol. The predicted octanol–water partition coefficient (Wildman–Crippen LogP) is 4.52. The topological polar surface area (TPSA) is 73.6 Å². The monoisotopic (exact) mass is 374 g/mol. The summed E-state index contributed by atoms with van der Waals surface area (Å²) in [6.07, 6.45) is 0. The zero-order chi connectivity index (χ0) is 19.3. The Balaban J connectivity index is 1.46. The van der Waals surface area contributed by atoms with Crippen molar-refractivity contribution >= 4 is 22.7 Å². The van der Waals surface area contributed by atoms with Crippen LogP contribution < -0.4 is 14.8 Å². The smallest absolute Gasteiger partial charge is 0.262 e. The van der Waals surface area contributed by atoms with Crippen molar-refractivity contribution < 1.29 is 18.7 Å². The zero-order valence-corrected chi connectivity index (χ0v) is 15.2. The van der Waals surface area contributed by atoms with Crippen LogP contribution in [0.2, 0.25) is 0 Å². The number of nitrogens with one attached hydrogen (secondary N) is 1. The quantitative estimate of drug-likeness (QED) is 0.537. The van der Waals surface area contributed by atoms with Gasteiger partial charge >= 0.3 is 0 Å². The number of nitrogens with zero attached hydrogens (tertiary/aromatic N) is 1. The van der Waals surface area contributed by atoms with Gasteiger partial charge in [0.2, 0.25) is 5.89 Å². The maximum Gasteiger partial charge on any atom is 0.262 e. The molecule has 6 nitrogen and oxygen atoms in total. The number of ether oxygens (including phenoxy) is 2. The van der Waals surface area contributed by atoms with Crippen molar-refractivity contribution in [1.82, 2.24) is 4.98 Å². The largest absolute Gasteiger partial charge is 0.497 e. The summed E-state index contributed by atoms with van der Waals surface area (Å²) < 4.78 is 16.5. The molecule has 140 valence electrons. The number of hydrogen-bond donors (Lipinski definition) is 1. The van der Waals surface area contributed by atoms with E-state index in [1.165, 1.54) is 0 Å². The van der Waals surface area contributed by atoms with Crippen LogP contribution in [0.1, 0.15) is 0 Å². The maximum absolute atomic E-state index is 12.1. The third kappa shape index (κ3) is 3.96. The molecule has 1 amide bonds. The molecule has 28 heavy (non-hydrogen) atoms. The Morgan fingerprint density at radius 3 is 2.54 bits per heavy atom. The molecule has 1 N–H and O–H groups in total. The first-order valence-corrected chi connectivity index (χ1v) is 8.74. The van der Waals surface area contributed by atoms with Crippen LogP contribution in [0, 0.1) is 0 Å². The molecule has 0 saturated carbocycles. The van der Waals surface area contributed by atoms with Gasteiger partial charge in [0.05, 0.1) is 7.11 Å². The first kappa shape index (κ1) is 17.6. The third-order valence-electron chi connectivity index (χ3n) is 4.12. The Morgan fingerprint density at radius 1 is 1.00 bits per heavy atom. The molecule has 0 radical (unpaired) electrons. The highest BCUT2D eigenvalue weighted by Crippen LogP contribution is 2.27. The summed E-state index contributed by atoms with van der Waals surface area (Å²) in [6, 6.07) is 22.0. The second kappa shape index (κ2) is 7.84. The highest BCUT2D eigenvalue weighted by atomic mass is 16.5. The number of anilines is 1. The van der Waals surface area contributed by atoms with Gasteiger partial charge in [-0.05, 0) is 48.5 Å². The summed E-state index contributed by atoms with van der Waals surface area (Å²) in [4.78, 5) is 16.6. The number of carbonyl (C=O) groups is 1. The van der Waals surface area contributed by atoms with E-state index in [9.17, 15) is 4.79 Å². The minimum absolute atomic E-state index is 0.0739. The van der Waals surface area contributed by atoms with E-state index in [0.29, 0.717) is 28.4 Å². The van der Waals surface area contributed by atoms with Crippen LogP contribution >= 0.6 is 0 Å². The van der Waals surface area contributed by atoms with Gasteiger partial charge in [-0.25, -0.2) is 4.98 Å². The van der Waals surface area contributed by atoms with E-state index in [1.54, 1.807) is 37.4 Å². The van der Waals surface area contributed by atoms with Crippen LogP contribution in [-0.2, 0) is 4.79 Å². The minimum atomic E-state index is -0.252. The molecule has 4 aromatic rings. The summed E-state index contributed by atoms with van der Waals surface area (Å²) >= 11 is 0. The average Bonchev–Trinajstić information content (AvgIpc) is 3.16. The Labute approximate surface area is 161 Å². The highest BCUT2D eigenvalue weighted by molar-refractivity contribution is 5.93. The Kier molecular flexibility index (Phi) is 4.93. The van der Waals surface area contributed by atoms with Crippen LogP contribution in [0.3, 0.4) is 0 Å². The Morgan fingerprint density at radius 2 is 1.79 bits per heavy atom. The van der Waals surface area contributed by atoms with Crippen LogP contribution in [-0.4, -0.2) is 24.6 Å². The van der Waals surface area contributed by atoms with Gasteiger partial charge in [0, 0.05) is 17.3 Å². The van der Waals surface area contributed by atoms with Crippen molar-refractivity contribution in [2.45, 2.75) is 0 Å². The fraction of sp³-hybridized carbons (Fsp3) is 0.0909. The molecule has 0 unspecified atom stereocenters. The van der Waals surface area contributed by atoms with E-state index < -0.39 is 0 Å². The molecule has 0 spiro atoms. The lowest BCUT2D eigenvalue weighted by atomic mass is 10.2. The van der Waals surface area contributed by atoms with Gasteiger partial charge in [0.25, 0.3) is 5.91 Å². The van der Waals surface area contributed by atoms with E-state index in [1.807, 2.05) is 42.5 Å². The van der Waals surface area contributed by atoms with Crippen molar-refractivity contribution in [2.75, 3.05) is 19.0 Å². The SMILES string of the molecule is COc1ccc(-c2nc3ccc(NC(=O)COc4ccccc4)cc3o2)cc1. The van der Waals surface area contributed by atoms with Crippen LogP contribution in [0.5, 0.6) is 11.5 Å². The molecule has 0 aliphatic carbocycles.